The van der Waals surface area contributed by atoms with Crippen LogP contribution in [-0.4, -0.2) is 16.1 Å². The van der Waals surface area contributed by atoms with Gasteiger partial charge >= 0.3 is 0 Å². The van der Waals surface area contributed by atoms with Gasteiger partial charge in [0.25, 0.3) is 0 Å². The van der Waals surface area contributed by atoms with Gasteiger partial charge < -0.3 is 14.4 Å². The third-order valence-electron chi connectivity index (χ3n) is 2.02. The van der Waals surface area contributed by atoms with Crippen LogP contribution in [0.5, 0.6) is 0 Å². The number of pyridine rings is 1. The Hall–Kier alpha value is -2.17. The van der Waals surface area contributed by atoms with E-state index in [1.807, 2.05) is 0 Å². The average molecular weight is 203 g/mol. The third-order valence-corrected chi connectivity index (χ3v) is 2.02. The van der Waals surface area contributed by atoms with Gasteiger partial charge in [-0.2, -0.15) is 0 Å². The Morgan fingerprint density at radius 3 is 2.67 bits per heavy atom. The molecule has 0 aromatic carbocycles. The molecule has 0 bridgehead atoms. The van der Waals surface area contributed by atoms with E-state index in [0.29, 0.717) is 5.56 Å². The highest BCUT2D eigenvalue weighted by molar-refractivity contribution is 5.94. The summed E-state index contributed by atoms with van der Waals surface area (Å²) in [6.45, 7) is 1.53. The average Bonchev–Trinajstić information content (AvgIpc) is 2.61. The second kappa shape index (κ2) is 3.53. The molecule has 2 heterocycles. The van der Waals surface area contributed by atoms with Gasteiger partial charge in [0.05, 0.1) is 11.5 Å². The number of aromatic nitrogens is 2. The minimum absolute atomic E-state index is 0.0128. The van der Waals surface area contributed by atoms with Crippen LogP contribution in [0.25, 0.3) is 11.3 Å². The van der Waals surface area contributed by atoms with Gasteiger partial charge in [0, 0.05) is 18.0 Å². The third kappa shape index (κ3) is 1.59. The van der Waals surface area contributed by atoms with Crippen LogP contribution >= 0.6 is 0 Å². The van der Waals surface area contributed by atoms with Crippen molar-refractivity contribution in [3.63, 3.8) is 0 Å². The Kier molecular flexibility index (Phi) is 2.21. The molecule has 2 aromatic heterocycles. The number of carboxylic acid groups (broad SMARTS) is 1. The van der Waals surface area contributed by atoms with E-state index >= 15 is 0 Å². The topological polar surface area (TPSA) is 79.0 Å². The van der Waals surface area contributed by atoms with Crippen LogP contribution in [-0.2, 0) is 0 Å². The largest absolute Gasteiger partial charge is 0.545 e. The molecular weight excluding hydrogens is 196 g/mol. The second-order valence-corrected chi connectivity index (χ2v) is 2.99. The molecule has 0 atom stereocenters. The summed E-state index contributed by atoms with van der Waals surface area (Å²) in [4.78, 5) is 14.7. The Labute approximate surface area is 85.4 Å². The molecule has 2 rings (SSSR count). The molecule has 0 N–H and O–H groups in total. The van der Waals surface area contributed by atoms with E-state index < -0.39 is 5.97 Å². The van der Waals surface area contributed by atoms with Gasteiger partial charge in [-0.15, -0.1) is 0 Å². The minimum atomic E-state index is -1.29. The van der Waals surface area contributed by atoms with Gasteiger partial charge in [-0.1, -0.05) is 5.16 Å². The Balaban J connectivity index is 2.59. The molecule has 0 aliphatic heterocycles. The van der Waals surface area contributed by atoms with E-state index in [1.165, 1.54) is 6.92 Å². The van der Waals surface area contributed by atoms with Gasteiger partial charge in [0.2, 0.25) is 0 Å². The maximum absolute atomic E-state index is 10.9. The summed E-state index contributed by atoms with van der Waals surface area (Å²) >= 11 is 0. The SMILES string of the molecule is Cc1onc(-c2ccncc2)c1C(=O)[O-]. The second-order valence-electron chi connectivity index (χ2n) is 2.99. The summed E-state index contributed by atoms with van der Waals surface area (Å²) in [5.41, 5.74) is 0.900. The van der Waals surface area contributed by atoms with Gasteiger partial charge in [0.1, 0.15) is 11.5 Å². The highest BCUT2D eigenvalue weighted by Crippen LogP contribution is 2.23. The molecule has 5 heteroatoms. The van der Waals surface area contributed by atoms with Crippen molar-refractivity contribution in [3.8, 4) is 11.3 Å². The number of carbonyl (C=O) groups excluding carboxylic acids is 1. The summed E-state index contributed by atoms with van der Waals surface area (Å²) in [5, 5.41) is 14.5. The van der Waals surface area contributed by atoms with Crippen LogP contribution in [0.1, 0.15) is 16.1 Å². The van der Waals surface area contributed by atoms with E-state index in [2.05, 4.69) is 10.1 Å². The lowest BCUT2D eigenvalue weighted by atomic mass is 10.1. The molecule has 0 amide bonds. The van der Waals surface area contributed by atoms with Crippen LogP contribution in [0.2, 0.25) is 0 Å². The molecule has 0 aliphatic rings. The number of nitrogens with zero attached hydrogens (tertiary/aromatic N) is 2. The van der Waals surface area contributed by atoms with Crippen LogP contribution in [0.15, 0.2) is 29.0 Å². The quantitative estimate of drug-likeness (QED) is 0.706. The summed E-state index contributed by atoms with van der Waals surface area (Å²) in [5.74, 6) is -1.05. The molecule has 0 spiro atoms. The van der Waals surface area contributed by atoms with Gasteiger partial charge in [-0.05, 0) is 19.1 Å². The number of aryl methyl sites for hydroxylation is 1. The molecule has 0 unspecified atom stereocenters. The smallest absolute Gasteiger partial charge is 0.143 e. The van der Waals surface area contributed by atoms with Gasteiger partial charge in [0.15, 0.2) is 0 Å². The zero-order valence-corrected chi connectivity index (χ0v) is 7.93. The van der Waals surface area contributed by atoms with E-state index in [4.69, 9.17) is 4.52 Å². The van der Waals surface area contributed by atoms with Crippen molar-refractivity contribution in [2.45, 2.75) is 6.92 Å². The molecular formula is C10H7N2O3-. The predicted molar refractivity (Wildman–Crippen MR) is 48.8 cm³/mol. The fourth-order valence-corrected chi connectivity index (χ4v) is 1.32. The molecule has 76 valence electrons. The molecule has 0 aliphatic carbocycles. The number of hydrogen-bond acceptors (Lipinski definition) is 5. The maximum Gasteiger partial charge on any atom is 0.143 e. The number of rotatable bonds is 2. The lowest BCUT2D eigenvalue weighted by molar-refractivity contribution is -0.255. The lowest BCUT2D eigenvalue weighted by Crippen LogP contribution is -2.23. The first-order valence-corrected chi connectivity index (χ1v) is 4.28. The number of aromatic carboxylic acids is 1. The summed E-state index contributed by atoms with van der Waals surface area (Å²) in [7, 11) is 0. The van der Waals surface area contributed by atoms with Crippen LogP contribution in [0, 0.1) is 6.92 Å². The first-order valence-electron chi connectivity index (χ1n) is 4.28. The van der Waals surface area contributed by atoms with Crippen molar-refractivity contribution < 1.29 is 14.4 Å². The molecule has 0 fully saturated rings. The number of carboxylic acids is 1. The summed E-state index contributed by atoms with van der Waals surface area (Å²) in [6, 6.07) is 3.31. The van der Waals surface area contributed by atoms with Crippen molar-refractivity contribution in [2.24, 2.45) is 0 Å². The Morgan fingerprint density at radius 1 is 1.40 bits per heavy atom. The van der Waals surface area contributed by atoms with Crippen LogP contribution in [0.4, 0.5) is 0 Å². The number of carbonyl (C=O) groups is 1. The first kappa shape index (κ1) is 9.39. The van der Waals surface area contributed by atoms with E-state index in [-0.39, 0.29) is 17.0 Å². The van der Waals surface area contributed by atoms with Gasteiger partial charge in [-0.25, -0.2) is 0 Å². The standard InChI is InChI=1S/C10H8N2O3/c1-6-8(10(13)14)9(12-15-6)7-2-4-11-5-3-7/h2-5H,1H3,(H,13,14)/p-1. The fraction of sp³-hybridized carbons (Fsp3) is 0.100. The molecule has 0 saturated heterocycles. The molecule has 15 heavy (non-hydrogen) atoms. The lowest BCUT2D eigenvalue weighted by Gasteiger charge is -2.02. The monoisotopic (exact) mass is 203 g/mol. The van der Waals surface area contributed by atoms with Crippen molar-refractivity contribution in [2.75, 3.05) is 0 Å². The van der Waals surface area contributed by atoms with E-state index in [1.54, 1.807) is 24.5 Å². The maximum atomic E-state index is 10.9. The predicted octanol–water partition coefficient (Wildman–Crippen LogP) is 0.409. The van der Waals surface area contributed by atoms with Crippen molar-refractivity contribution in [3.05, 3.63) is 35.9 Å². The highest BCUT2D eigenvalue weighted by atomic mass is 16.5. The fourth-order valence-electron chi connectivity index (χ4n) is 1.32. The molecule has 2 aromatic rings. The molecule has 0 radical (unpaired) electrons. The normalized spacial score (nSPS) is 10.2. The minimum Gasteiger partial charge on any atom is -0.545 e. The van der Waals surface area contributed by atoms with E-state index in [9.17, 15) is 9.90 Å². The first-order chi connectivity index (χ1) is 7.20. The number of hydrogen-bond donors (Lipinski definition) is 0. The Bertz CT molecular complexity index is 491. The zero-order valence-electron chi connectivity index (χ0n) is 7.93. The van der Waals surface area contributed by atoms with Gasteiger partial charge in [-0.3, -0.25) is 4.98 Å². The summed E-state index contributed by atoms with van der Waals surface area (Å²) < 4.78 is 4.82. The van der Waals surface area contributed by atoms with Crippen molar-refractivity contribution in [1.29, 1.82) is 0 Å². The van der Waals surface area contributed by atoms with E-state index in [0.717, 1.165) is 0 Å². The molecule has 5 nitrogen and oxygen atoms in total. The van der Waals surface area contributed by atoms with Crippen molar-refractivity contribution in [1.82, 2.24) is 10.1 Å². The highest BCUT2D eigenvalue weighted by Gasteiger charge is 2.14. The van der Waals surface area contributed by atoms with Crippen LogP contribution < -0.4 is 5.11 Å². The zero-order chi connectivity index (χ0) is 10.8. The Morgan fingerprint density at radius 2 is 2.07 bits per heavy atom. The summed E-state index contributed by atoms with van der Waals surface area (Å²) in [6.07, 6.45) is 3.11. The van der Waals surface area contributed by atoms with Crippen molar-refractivity contribution >= 4 is 5.97 Å². The van der Waals surface area contributed by atoms with Crippen LogP contribution in [0.3, 0.4) is 0 Å². The molecule has 0 saturated carbocycles.